The molecule has 2 aromatic carbocycles. The van der Waals surface area contributed by atoms with Gasteiger partial charge in [-0.15, -0.1) is 0 Å². The quantitative estimate of drug-likeness (QED) is 0.771. The van der Waals surface area contributed by atoms with Crippen molar-refractivity contribution in [3.8, 4) is 5.75 Å². The predicted octanol–water partition coefficient (Wildman–Crippen LogP) is 2.04. The van der Waals surface area contributed by atoms with Gasteiger partial charge in [-0.25, -0.2) is 4.39 Å². The maximum atomic E-state index is 13.5. The van der Waals surface area contributed by atoms with Gasteiger partial charge in [0, 0.05) is 23.4 Å². The third-order valence-electron chi connectivity index (χ3n) is 2.41. The van der Waals surface area contributed by atoms with Crippen LogP contribution < -0.4 is 5.32 Å². The van der Waals surface area contributed by atoms with E-state index in [9.17, 15) is 14.3 Å². The zero-order chi connectivity index (χ0) is 11.7. The average molecular weight is 219 g/mol. The molecule has 3 nitrogen and oxygen atoms in total. The number of carbonyl (C=O) groups is 1. The van der Waals surface area contributed by atoms with Crippen molar-refractivity contribution in [1.82, 2.24) is 5.32 Å². The second-order valence-corrected chi connectivity index (χ2v) is 3.41. The molecule has 0 saturated heterocycles. The molecule has 0 aliphatic rings. The summed E-state index contributed by atoms with van der Waals surface area (Å²) in [6.07, 6.45) is 0. The van der Waals surface area contributed by atoms with Gasteiger partial charge in [0.05, 0.1) is 0 Å². The highest BCUT2D eigenvalue weighted by molar-refractivity contribution is 6.00. The maximum Gasteiger partial charge on any atom is 0.251 e. The Morgan fingerprint density at radius 2 is 2.06 bits per heavy atom. The normalized spacial score (nSPS) is 10.4. The molecule has 0 radical (unpaired) electrons. The van der Waals surface area contributed by atoms with Crippen LogP contribution in [0.1, 0.15) is 10.4 Å². The molecule has 2 N–H and O–H groups in total. The number of phenolic OH excluding ortho intramolecular Hbond substituents is 1. The van der Waals surface area contributed by atoms with E-state index in [1.54, 1.807) is 6.07 Å². The number of benzene rings is 2. The first kappa shape index (κ1) is 10.4. The molecule has 2 aromatic rings. The second kappa shape index (κ2) is 3.81. The number of hydrogen-bond acceptors (Lipinski definition) is 2. The van der Waals surface area contributed by atoms with Gasteiger partial charge < -0.3 is 10.4 Å². The zero-order valence-electron chi connectivity index (χ0n) is 8.62. The second-order valence-electron chi connectivity index (χ2n) is 3.41. The number of phenols is 1. The molecular weight excluding hydrogens is 209 g/mol. The topological polar surface area (TPSA) is 49.3 Å². The third kappa shape index (κ3) is 1.58. The van der Waals surface area contributed by atoms with Crippen molar-refractivity contribution in [2.75, 3.05) is 7.05 Å². The van der Waals surface area contributed by atoms with Crippen molar-refractivity contribution in [1.29, 1.82) is 0 Å². The summed E-state index contributed by atoms with van der Waals surface area (Å²) >= 11 is 0. The Balaban J connectivity index is 2.75. The highest BCUT2D eigenvalue weighted by Gasteiger charge is 2.10. The third-order valence-corrected chi connectivity index (χ3v) is 2.41. The van der Waals surface area contributed by atoms with Crippen LogP contribution in [0.4, 0.5) is 4.39 Å². The van der Waals surface area contributed by atoms with Crippen LogP contribution in [-0.4, -0.2) is 18.1 Å². The van der Waals surface area contributed by atoms with E-state index in [-0.39, 0.29) is 22.6 Å². The van der Waals surface area contributed by atoms with Crippen LogP contribution in [0, 0.1) is 5.82 Å². The molecule has 0 unspecified atom stereocenters. The minimum absolute atomic E-state index is 0.101. The first-order valence-electron chi connectivity index (χ1n) is 4.77. The van der Waals surface area contributed by atoms with E-state index in [2.05, 4.69) is 5.32 Å². The van der Waals surface area contributed by atoms with Crippen molar-refractivity contribution in [3.05, 3.63) is 41.7 Å². The molecule has 0 bridgehead atoms. The van der Waals surface area contributed by atoms with Crippen molar-refractivity contribution < 1.29 is 14.3 Å². The summed E-state index contributed by atoms with van der Waals surface area (Å²) in [5.74, 6) is -0.922. The van der Waals surface area contributed by atoms with E-state index in [0.29, 0.717) is 5.39 Å². The van der Waals surface area contributed by atoms with Crippen LogP contribution in [0.2, 0.25) is 0 Å². The van der Waals surface area contributed by atoms with E-state index in [0.717, 1.165) is 0 Å². The number of carbonyl (C=O) groups excluding carboxylic acids is 1. The van der Waals surface area contributed by atoms with Crippen LogP contribution in [0.15, 0.2) is 30.3 Å². The Bertz CT molecular complexity index is 566. The van der Waals surface area contributed by atoms with Gasteiger partial charge in [-0.3, -0.25) is 4.79 Å². The molecule has 16 heavy (non-hydrogen) atoms. The molecule has 0 spiro atoms. The Kier molecular flexibility index (Phi) is 2.48. The summed E-state index contributed by atoms with van der Waals surface area (Å²) in [5, 5.41) is 12.7. The summed E-state index contributed by atoms with van der Waals surface area (Å²) in [5.41, 5.74) is 0.234. The van der Waals surface area contributed by atoms with Crippen molar-refractivity contribution >= 4 is 16.7 Å². The van der Waals surface area contributed by atoms with Crippen LogP contribution >= 0.6 is 0 Å². The van der Waals surface area contributed by atoms with Crippen LogP contribution in [0.3, 0.4) is 0 Å². The molecule has 0 aromatic heterocycles. The monoisotopic (exact) mass is 219 g/mol. The number of aromatic hydroxyl groups is 1. The van der Waals surface area contributed by atoms with Crippen molar-refractivity contribution in [3.63, 3.8) is 0 Å². The van der Waals surface area contributed by atoms with E-state index >= 15 is 0 Å². The van der Waals surface area contributed by atoms with Crippen LogP contribution in [0.5, 0.6) is 5.75 Å². The SMILES string of the molecule is CNC(=O)c1cc(O)c2cccc(F)c2c1. The van der Waals surface area contributed by atoms with Crippen LogP contribution in [0.25, 0.3) is 10.8 Å². The van der Waals surface area contributed by atoms with E-state index < -0.39 is 5.82 Å². The number of fused-ring (bicyclic) bond motifs is 1. The first-order valence-corrected chi connectivity index (χ1v) is 4.77. The zero-order valence-corrected chi connectivity index (χ0v) is 8.62. The first-order chi connectivity index (χ1) is 7.63. The van der Waals surface area contributed by atoms with Gasteiger partial charge in [-0.2, -0.15) is 0 Å². The van der Waals surface area contributed by atoms with Gasteiger partial charge in [0.1, 0.15) is 11.6 Å². The Morgan fingerprint density at radius 3 is 2.75 bits per heavy atom. The lowest BCUT2D eigenvalue weighted by molar-refractivity contribution is 0.0963. The van der Waals surface area contributed by atoms with Gasteiger partial charge in [0.25, 0.3) is 5.91 Å². The van der Waals surface area contributed by atoms with Gasteiger partial charge >= 0.3 is 0 Å². The minimum atomic E-state index is -0.460. The summed E-state index contributed by atoms with van der Waals surface area (Å²) < 4.78 is 13.5. The molecule has 0 saturated carbocycles. The summed E-state index contributed by atoms with van der Waals surface area (Å²) in [6, 6.07) is 7.14. The Hall–Kier alpha value is -2.10. The number of hydrogen-bond donors (Lipinski definition) is 2. The maximum absolute atomic E-state index is 13.5. The largest absolute Gasteiger partial charge is 0.507 e. The highest BCUT2D eigenvalue weighted by atomic mass is 19.1. The van der Waals surface area contributed by atoms with Gasteiger partial charge in [0.2, 0.25) is 0 Å². The summed E-state index contributed by atoms with van der Waals surface area (Å²) in [7, 11) is 1.48. The molecule has 2 rings (SSSR count). The van der Waals surface area contributed by atoms with E-state index in [4.69, 9.17) is 0 Å². The number of amides is 1. The lowest BCUT2D eigenvalue weighted by Gasteiger charge is -2.05. The molecule has 0 aliphatic heterocycles. The predicted molar refractivity (Wildman–Crippen MR) is 59.0 cm³/mol. The molecule has 1 amide bonds. The van der Waals surface area contributed by atoms with E-state index in [1.807, 2.05) is 0 Å². The average Bonchev–Trinajstić information content (AvgIpc) is 2.29. The van der Waals surface area contributed by atoms with Gasteiger partial charge in [-0.1, -0.05) is 12.1 Å². The smallest absolute Gasteiger partial charge is 0.251 e. The molecule has 0 fully saturated rings. The Labute approximate surface area is 91.5 Å². The van der Waals surface area contributed by atoms with Gasteiger partial charge in [0.15, 0.2) is 0 Å². The highest BCUT2D eigenvalue weighted by Crippen LogP contribution is 2.28. The number of rotatable bonds is 1. The lowest BCUT2D eigenvalue weighted by Crippen LogP contribution is -2.17. The molecular formula is C12H10FNO2. The van der Waals surface area contributed by atoms with Crippen molar-refractivity contribution in [2.45, 2.75) is 0 Å². The fourth-order valence-corrected chi connectivity index (χ4v) is 1.60. The summed E-state index contributed by atoms with van der Waals surface area (Å²) in [6.45, 7) is 0. The number of nitrogens with one attached hydrogen (secondary N) is 1. The Morgan fingerprint density at radius 1 is 1.31 bits per heavy atom. The number of halogens is 1. The molecule has 4 heteroatoms. The lowest BCUT2D eigenvalue weighted by atomic mass is 10.0. The molecule has 82 valence electrons. The van der Waals surface area contributed by atoms with Gasteiger partial charge in [-0.05, 0) is 18.2 Å². The summed E-state index contributed by atoms with van der Waals surface area (Å²) in [4.78, 5) is 11.4. The minimum Gasteiger partial charge on any atom is -0.507 e. The standard InChI is InChI=1S/C12H10FNO2/c1-14-12(16)7-5-9-8(11(15)6-7)3-2-4-10(9)13/h2-6,15H,1H3,(H,14,16). The fraction of sp³-hybridized carbons (Fsp3) is 0.0833. The van der Waals surface area contributed by atoms with Crippen LogP contribution in [-0.2, 0) is 0 Å². The fourth-order valence-electron chi connectivity index (χ4n) is 1.60. The molecule has 0 heterocycles. The molecule has 0 aliphatic carbocycles. The van der Waals surface area contributed by atoms with Crippen molar-refractivity contribution in [2.24, 2.45) is 0 Å². The molecule has 0 atom stereocenters. The van der Waals surface area contributed by atoms with E-state index in [1.165, 1.54) is 31.3 Å².